The van der Waals surface area contributed by atoms with E-state index >= 15 is 0 Å². The van der Waals surface area contributed by atoms with Crippen LogP contribution in [0.1, 0.15) is 11.1 Å². The smallest absolute Gasteiger partial charge is 0.268 e. The van der Waals surface area contributed by atoms with E-state index in [0.29, 0.717) is 10.0 Å². The van der Waals surface area contributed by atoms with Crippen molar-refractivity contribution in [2.75, 3.05) is 0 Å². The van der Waals surface area contributed by atoms with Crippen LogP contribution >= 0.6 is 15.9 Å². The van der Waals surface area contributed by atoms with Gasteiger partial charge in [-0.2, -0.15) is 5.26 Å². The van der Waals surface area contributed by atoms with E-state index < -0.39 is 5.56 Å². The molecule has 1 heterocycles. The molecule has 0 aliphatic rings. The minimum Gasteiger partial charge on any atom is -0.494 e. The Morgan fingerprint density at radius 3 is 2.75 bits per heavy atom. The Bertz CT molecular complexity index is 417. The molecule has 1 aromatic rings. The number of aromatic hydroxyl groups is 1. The van der Waals surface area contributed by atoms with Crippen molar-refractivity contribution >= 4 is 15.9 Å². The normalized spacial score (nSPS) is 9.42. The van der Waals surface area contributed by atoms with Crippen LogP contribution in [-0.4, -0.2) is 10.1 Å². The molecule has 0 saturated carbocycles. The van der Waals surface area contributed by atoms with Gasteiger partial charge < -0.3 is 5.11 Å². The Morgan fingerprint density at radius 2 is 2.25 bits per heavy atom. The van der Waals surface area contributed by atoms with Crippen molar-refractivity contribution in [3.05, 3.63) is 26.0 Å². The molecule has 2 N–H and O–H groups in total. The maximum atomic E-state index is 11.0. The summed E-state index contributed by atoms with van der Waals surface area (Å²) in [5.74, 6) is -0.253. The summed E-state index contributed by atoms with van der Waals surface area (Å²) in [6.07, 6.45) is 0. The van der Waals surface area contributed by atoms with Crippen molar-refractivity contribution in [2.24, 2.45) is 0 Å². The van der Waals surface area contributed by atoms with Crippen molar-refractivity contribution in [3.63, 3.8) is 0 Å². The summed E-state index contributed by atoms with van der Waals surface area (Å²) >= 11 is 3.03. The van der Waals surface area contributed by atoms with Crippen LogP contribution < -0.4 is 5.56 Å². The van der Waals surface area contributed by atoms with Gasteiger partial charge in [0.25, 0.3) is 5.56 Å². The van der Waals surface area contributed by atoms with Crippen molar-refractivity contribution in [1.29, 1.82) is 5.26 Å². The third kappa shape index (κ3) is 1.21. The maximum absolute atomic E-state index is 11.0. The van der Waals surface area contributed by atoms with Crippen molar-refractivity contribution in [1.82, 2.24) is 4.98 Å². The molecule has 0 saturated heterocycles. The summed E-state index contributed by atoms with van der Waals surface area (Å²) in [6, 6.07) is 1.75. The van der Waals surface area contributed by atoms with Crippen LogP contribution in [0.5, 0.6) is 5.88 Å². The Kier molecular flexibility index (Phi) is 2.20. The van der Waals surface area contributed by atoms with E-state index in [1.54, 1.807) is 13.0 Å². The maximum Gasteiger partial charge on any atom is 0.268 e. The number of halogens is 1. The topological polar surface area (TPSA) is 76.9 Å². The molecule has 0 atom stereocenters. The number of nitrogens with one attached hydrogen (secondary N) is 1. The average molecular weight is 229 g/mol. The minimum absolute atomic E-state index is 0.0136. The molecule has 0 amide bonds. The van der Waals surface area contributed by atoms with Gasteiger partial charge in [-0.15, -0.1) is 0 Å². The highest BCUT2D eigenvalue weighted by Gasteiger charge is 2.10. The van der Waals surface area contributed by atoms with E-state index in [1.165, 1.54) is 0 Å². The van der Waals surface area contributed by atoms with Gasteiger partial charge >= 0.3 is 0 Å². The van der Waals surface area contributed by atoms with Crippen molar-refractivity contribution in [2.45, 2.75) is 6.92 Å². The van der Waals surface area contributed by atoms with Crippen molar-refractivity contribution < 1.29 is 5.11 Å². The molecule has 1 rings (SSSR count). The number of H-pyrrole nitrogens is 1. The molecular weight excluding hydrogens is 224 g/mol. The number of aromatic nitrogens is 1. The summed E-state index contributed by atoms with van der Waals surface area (Å²) in [7, 11) is 0. The highest BCUT2D eigenvalue weighted by atomic mass is 79.9. The monoisotopic (exact) mass is 228 g/mol. The predicted molar refractivity (Wildman–Crippen MR) is 45.9 cm³/mol. The number of rotatable bonds is 0. The Hall–Kier alpha value is -1.28. The molecule has 0 radical (unpaired) electrons. The zero-order chi connectivity index (χ0) is 9.30. The molecule has 0 fully saturated rings. The number of pyridine rings is 1. The van der Waals surface area contributed by atoms with Crippen LogP contribution in [0.3, 0.4) is 0 Å². The van der Waals surface area contributed by atoms with Crippen LogP contribution in [0.2, 0.25) is 0 Å². The summed E-state index contributed by atoms with van der Waals surface area (Å²) < 4.78 is 0.346. The lowest BCUT2D eigenvalue weighted by atomic mass is 10.2. The first kappa shape index (κ1) is 8.81. The standard InChI is InChI=1S/C7H5BrN2O2/c1-3-4(2-9)6(11)10-7(12)5(3)8/h1H3,(H2,10,11,12). The quantitative estimate of drug-likeness (QED) is 0.697. The van der Waals surface area contributed by atoms with Gasteiger partial charge in [0.2, 0.25) is 5.88 Å². The van der Waals surface area contributed by atoms with Gasteiger partial charge in [0, 0.05) is 0 Å². The summed E-state index contributed by atoms with van der Waals surface area (Å²) in [5, 5.41) is 17.6. The van der Waals surface area contributed by atoms with E-state index in [9.17, 15) is 4.79 Å². The van der Waals surface area contributed by atoms with Crippen LogP contribution in [0.15, 0.2) is 9.27 Å². The van der Waals surface area contributed by atoms with E-state index in [0.717, 1.165) is 0 Å². The van der Waals surface area contributed by atoms with E-state index in [4.69, 9.17) is 10.4 Å². The van der Waals surface area contributed by atoms with E-state index in [-0.39, 0.29) is 11.4 Å². The third-order valence-electron chi connectivity index (χ3n) is 1.48. The molecular formula is C7H5BrN2O2. The highest BCUT2D eigenvalue weighted by Crippen LogP contribution is 2.24. The fourth-order valence-electron chi connectivity index (χ4n) is 0.817. The molecule has 12 heavy (non-hydrogen) atoms. The third-order valence-corrected chi connectivity index (χ3v) is 2.45. The second kappa shape index (κ2) is 2.99. The minimum atomic E-state index is -0.573. The SMILES string of the molecule is Cc1c(Br)c(O)[nH]c(=O)c1C#N. The first-order chi connectivity index (χ1) is 5.57. The van der Waals surface area contributed by atoms with E-state index in [2.05, 4.69) is 20.9 Å². The first-order valence-corrected chi connectivity index (χ1v) is 3.88. The number of hydrogen-bond acceptors (Lipinski definition) is 3. The van der Waals surface area contributed by atoms with Gasteiger partial charge in [0.1, 0.15) is 11.6 Å². The summed E-state index contributed by atoms with van der Waals surface area (Å²) in [4.78, 5) is 13.1. The molecule has 4 nitrogen and oxygen atoms in total. The average Bonchev–Trinajstić information content (AvgIpc) is 2.01. The van der Waals surface area contributed by atoms with E-state index in [1.807, 2.05) is 0 Å². The molecule has 0 aliphatic carbocycles. The van der Waals surface area contributed by atoms with Crippen LogP contribution in [0.4, 0.5) is 0 Å². The molecule has 0 bridgehead atoms. The highest BCUT2D eigenvalue weighted by molar-refractivity contribution is 9.10. The van der Waals surface area contributed by atoms with Gasteiger partial charge in [0.15, 0.2) is 0 Å². The fourth-order valence-corrected chi connectivity index (χ4v) is 1.11. The Labute approximate surface area is 76.6 Å². The summed E-state index contributed by atoms with van der Waals surface area (Å²) in [6.45, 7) is 1.58. The number of nitriles is 1. The largest absolute Gasteiger partial charge is 0.494 e. The molecule has 62 valence electrons. The van der Waals surface area contributed by atoms with Gasteiger partial charge in [-0.3, -0.25) is 9.78 Å². The Balaban J connectivity index is 3.66. The molecule has 0 unspecified atom stereocenters. The molecule has 0 aliphatic heterocycles. The summed E-state index contributed by atoms with van der Waals surface area (Å²) in [5.41, 5.74) is -0.117. The first-order valence-electron chi connectivity index (χ1n) is 3.09. The van der Waals surface area contributed by atoms with Crippen LogP contribution in [0.25, 0.3) is 0 Å². The van der Waals surface area contributed by atoms with Gasteiger partial charge in [-0.1, -0.05) is 0 Å². The lowest BCUT2D eigenvalue weighted by Crippen LogP contribution is -2.11. The van der Waals surface area contributed by atoms with Gasteiger partial charge in [-0.05, 0) is 28.4 Å². The second-order valence-corrected chi connectivity index (χ2v) is 3.02. The van der Waals surface area contributed by atoms with Crippen LogP contribution in [-0.2, 0) is 0 Å². The van der Waals surface area contributed by atoms with Crippen LogP contribution in [0, 0.1) is 18.3 Å². The molecule has 1 aromatic heterocycles. The fraction of sp³-hybridized carbons (Fsp3) is 0.143. The number of hydrogen-bond donors (Lipinski definition) is 2. The van der Waals surface area contributed by atoms with Gasteiger partial charge in [0.05, 0.1) is 4.47 Å². The number of nitrogens with zero attached hydrogens (tertiary/aromatic N) is 1. The lowest BCUT2D eigenvalue weighted by molar-refractivity contribution is 0.447. The zero-order valence-electron chi connectivity index (χ0n) is 6.18. The number of aromatic amines is 1. The van der Waals surface area contributed by atoms with Gasteiger partial charge in [-0.25, -0.2) is 0 Å². The molecule has 0 aromatic carbocycles. The predicted octanol–water partition coefficient (Wildman–Crippen LogP) is 1.02. The zero-order valence-corrected chi connectivity index (χ0v) is 7.77. The molecule has 0 spiro atoms. The lowest BCUT2D eigenvalue weighted by Gasteiger charge is -2.00. The Morgan fingerprint density at radius 1 is 1.67 bits per heavy atom. The van der Waals surface area contributed by atoms with Crippen molar-refractivity contribution in [3.8, 4) is 11.9 Å². The molecule has 5 heteroatoms. The second-order valence-electron chi connectivity index (χ2n) is 2.23.